The van der Waals surface area contributed by atoms with Crippen molar-refractivity contribution in [3.8, 4) is 0 Å². The van der Waals surface area contributed by atoms with Crippen molar-refractivity contribution in [2.24, 2.45) is 0 Å². The first-order valence-corrected chi connectivity index (χ1v) is 9.45. The molecular weight excluding hydrogens is 306 g/mol. The fraction of sp³-hybridized carbons (Fsp3) is 0.786. The van der Waals surface area contributed by atoms with Gasteiger partial charge in [-0.2, -0.15) is 0 Å². The van der Waals surface area contributed by atoms with E-state index in [2.05, 4.69) is 11.9 Å². The Hall–Kier alpha value is -1.12. The highest BCUT2D eigenvalue weighted by molar-refractivity contribution is 7.92. The number of nitrogens with zero attached hydrogens (tertiary/aromatic N) is 2. The van der Waals surface area contributed by atoms with E-state index >= 15 is 0 Å². The fourth-order valence-corrected chi connectivity index (χ4v) is 5.21. The van der Waals surface area contributed by atoms with Crippen LogP contribution in [-0.4, -0.2) is 79.3 Å². The van der Waals surface area contributed by atoms with Crippen molar-refractivity contribution in [2.45, 2.75) is 30.7 Å². The number of piperidine rings is 1. The topological polar surface area (TPSA) is 90.0 Å². The number of hydrogen-bond donors (Lipinski definition) is 2. The normalized spacial score (nSPS) is 25.6. The van der Waals surface area contributed by atoms with Crippen molar-refractivity contribution >= 4 is 15.9 Å². The van der Waals surface area contributed by atoms with Gasteiger partial charge in [0, 0.05) is 32.2 Å². The molecule has 0 radical (unpaired) electrons. The monoisotopic (exact) mass is 331 g/mol. The molecule has 126 valence electrons. The van der Waals surface area contributed by atoms with E-state index in [0.29, 0.717) is 26.2 Å². The van der Waals surface area contributed by atoms with Crippen LogP contribution in [0.5, 0.6) is 0 Å². The Bertz CT molecular complexity index is 494. The minimum Gasteiger partial charge on any atom is -0.465 e. The van der Waals surface area contributed by atoms with E-state index in [1.54, 1.807) is 0 Å². The summed E-state index contributed by atoms with van der Waals surface area (Å²) < 4.78 is 25.3. The fourth-order valence-electron chi connectivity index (χ4n) is 3.28. The molecule has 8 heteroatoms. The molecular formula is C14H25N3O4S. The smallest absolute Gasteiger partial charge is 0.407 e. The Kier molecular flexibility index (Phi) is 5.82. The van der Waals surface area contributed by atoms with Gasteiger partial charge in [0.1, 0.15) is 5.37 Å². The zero-order chi connectivity index (χ0) is 16.2. The summed E-state index contributed by atoms with van der Waals surface area (Å²) in [6.07, 6.45) is 3.41. The Morgan fingerprint density at radius 3 is 2.50 bits per heavy atom. The zero-order valence-electron chi connectivity index (χ0n) is 12.8. The molecule has 2 saturated heterocycles. The van der Waals surface area contributed by atoms with Crippen LogP contribution in [0.2, 0.25) is 0 Å². The number of piperazine rings is 1. The van der Waals surface area contributed by atoms with E-state index in [-0.39, 0.29) is 11.8 Å². The lowest BCUT2D eigenvalue weighted by atomic mass is 10.0. The van der Waals surface area contributed by atoms with Crippen LogP contribution in [0, 0.1) is 0 Å². The Labute approximate surface area is 131 Å². The van der Waals surface area contributed by atoms with Crippen LogP contribution in [0.1, 0.15) is 19.3 Å². The van der Waals surface area contributed by atoms with Crippen LogP contribution in [0.3, 0.4) is 0 Å². The summed E-state index contributed by atoms with van der Waals surface area (Å²) in [6, 6.07) is -0.0879. The molecule has 0 spiro atoms. The van der Waals surface area contributed by atoms with Crippen LogP contribution in [0.4, 0.5) is 4.79 Å². The van der Waals surface area contributed by atoms with Crippen molar-refractivity contribution in [3.63, 3.8) is 0 Å². The predicted molar refractivity (Wildman–Crippen MR) is 84.6 cm³/mol. The van der Waals surface area contributed by atoms with Crippen LogP contribution in [-0.2, 0) is 9.84 Å². The third-order valence-electron chi connectivity index (χ3n) is 4.36. The van der Waals surface area contributed by atoms with Gasteiger partial charge in [0.25, 0.3) is 0 Å². The maximum atomic E-state index is 12.7. The van der Waals surface area contributed by atoms with E-state index in [9.17, 15) is 13.2 Å². The van der Waals surface area contributed by atoms with Crippen molar-refractivity contribution in [2.75, 3.05) is 38.5 Å². The maximum Gasteiger partial charge on any atom is 0.407 e. The predicted octanol–water partition coefficient (Wildman–Crippen LogP) is 0.351. The molecule has 1 amide bonds. The Balaban J connectivity index is 2.14. The van der Waals surface area contributed by atoms with Gasteiger partial charge in [0.15, 0.2) is 9.84 Å². The number of hydrogen-bond acceptors (Lipinski definition) is 5. The summed E-state index contributed by atoms with van der Waals surface area (Å²) in [6.45, 7) is 5.98. The summed E-state index contributed by atoms with van der Waals surface area (Å²) in [7, 11) is -3.33. The van der Waals surface area contributed by atoms with Gasteiger partial charge >= 0.3 is 6.09 Å². The molecule has 2 aliphatic heterocycles. The van der Waals surface area contributed by atoms with Crippen LogP contribution in [0.25, 0.3) is 0 Å². The van der Waals surface area contributed by atoms with Crippen LogP contribution >= 0.6 is 0 Å². The highest BCUT2D eigenvalue weighted by Crippen LogP contribution is 2.22. The zero-order valence-corrected chi connectivity index (χ0v) is 13.6. The second-order valence-corrected chi connectivity index (χ2v) is 8.01. The van der Waals surface area contributed by atoms with Gasteiger partial charge in [-0.25, -0.2) is 13.2 Å². The lowest BCUT2D eigenvalue weighted by Crippen LogP contribution is -2.60. The first kappa shape index (κ1) is 17.2. The quantitative estimate of drug-likeness (QED) is 0.707. The van der Waals surface area contributed by atoms with Crippen molar-refractivity contribution in [3.05, 3.63) is 12.7 Å². The number of amides is 1. The van der Waals surface area contributed by atoms with Gasteiger partial charge < -0.3 is 15.3 Å². The molecule has 2 rings (SSSR count). The van der Waals surface area contributed by atoms with Gasteiger partial charge in [-0.1, -0.05) is 12.5 Å². The highest BCUT2D eigenvalue weighted by atomic mass is 32.2. The minimum absolute atomic E-state index is 0.0466. The number of carboxylic acid groups (broad SMARTS) is 1. The first-order chi connectivity index (χ1) is 10.5. The number of sulfone groups is 1. The molecule has 7 nitrogen and oxygen atoms in total. The van der Waals surface area contributed by atoms with Crippen molar-refractivity contribution in [1.29, 1.82) is 0 Å². The second kappa shape index (κ2) is 7.43. The molecule has 2 N–H and O–H groups in total. The summed E-state index contributed by atoms with van der Waals surface area (Å²) in [5.41, 5.74) is 0. The molecule has 2 aliphatic rings. The lowest BCUT2D eigenvalue weighted by Gasteiger charge is -2.42. The molecule has 22 heavy (non-hydrogen) atoms. The Morgan fingerprint density at radius 2 is 2.00 bits per heavy atom. The van der Waals surface area contributed by atoms with Crippen LogP contribution < -0.4 is 5.32 Å². The van der Waals surface area contributed by atoms with E-state index < -0.39 is 21.3 Å². The summed E-state index contributed by atoms with van der Waals surface area (Å²) in [5, 5.41) is 11.8. The van der Waals surface area contributed by atoms with Crippen molar-refractivity contribution < 1.29 is 18.3 Å². The molecule has 2 atom stereocenters. The van der Waals surface area contributed by atoms with E-state index in [0.717, 1.165) is 25.8 Å². The number of nitrogens with one attached hydrogen (secondary N) is 1. The molecule has 2 unspecified atom stereocenters. The van der Waals surface area contributed by atoms with E-state index in [1.165, 1.54) is 11.0 Å². The van der Waals surface area contributed by atoms with Gasteiger partial charge in [-0.3, -0.25) is 4.90 Å². The molecule has 2 fully saturated rings. The van der Waals surface area contributed by atoms with E-state index in [1.807, 2.05) is 4.90 Å². The molecule has 0 aromatic rings. The Morgan fingerprint density at radius 1 is 1.32 bits per heavy atom. The van der Waals surface area contributed by atoms with Gasteiger partial charge in [-0.15, -0.1) is 6.58 Å². The standard InChI is InChI=1S/C14H25N3O4S/c1-2-11-22(20,21)13(12-5-3-4-6-15-12)16-7-9-17(10-8-16)14(18)19/h2,12-13,15H,1,3-11H2,(H,18,19). The molecule has 0 aromatic carbocycles. The average molecular weight is 331 g/mol. The van der Waals surface area contributed by atoms with Crippen molar-refractivity contribution in [1.82, 2.24) is 15.1 Å². The molecule has 2 heterocycles. The van der Waals surface area contributed by atoms with Crippen LogP contribution in [0.15, 0.2) is 12.7 Å². The van der Waals surface area contributed by atoms with Gasteiger partial charge in [0.05, 0.1) is 5.75 Å². The lowest BCUT2D eigenvalue weighted by molar-refractivity contribution is 0.0900. The highest BCUT2D eigenvalue weighted by Gasteiger charge is 2.39. The number of carbonyl (C=O) groups is 1. The maximum absolute atomic E-state index is 12.7. The van der Waals surface area contributed by atoms with E-state index in [4.69, 9.17) is 5.11 Å². The van der Waals surface area contributed by atoms with Gasteiger partial charge in [-0.05, 0) is 19.4 Å². The van der Waals surface area contributed by atoms with Gasteiger partial charge in [0.2, 0.25) is 0 Å². The largest absolute Gasteiger partial charge is 0.465 e. The average Bonchev–Trinajstić information content (AvgIpc) is 2.48. The third-order valence-corrected chi connectivity index (χ3v) is 6.42. The number of rotatable bonds is 5. The third kappa shape index (κ3) is 3.99. The summed E-state index contributed by atoms with van der Waals surface area (Å²) >= 11 is 0. The minimum atomic E-state index is -3.33. The first-order valence-electron chi connectivity index (χ1n) is 7.73. The summed E-state index contributed by atoms with van der Waals surface area (Å²) in [5.74, 6) is -0.0466. The molecule has 0 bridgehead atoms. The molecule has 0 saturated carbocycles. The second-order valence-electron chi connectivity index (χ2n) is 5.87. The molecule has 0 aliphatic carbocycles. The summed E-state index contributed by atoms with van der Waals surface area (Å²) in [4.78, 5) is 14.2. The SMILES string of the molecule is C=CCS(=O)(=O)C(C1CCCCN1)N1CCN(C(=O)O)CC1. The molecule has 0 aromatic heterocycles.